The van der Waals surface area contributed by atoms with Crippen LogP contribution in [0.2, 0.25) is 0 Å². The lowest BCUT2D eigenvalue weighted by molar-refractivity contribution is 0.347. The number of sulfonamides is 1. The predicted molar refractivity (Wildman–Crippen MR) is 97.0 cm³/mol. The summed E-state index contributed by atoms with van der Waals surface area (Å²) in [6.45, 7) is 2.09. The van der Waals surface area contributed by atoms with Crippen molar-refractivity contribution in [3.05, 3.63) is 28.8 Å². The molecule has 0 bridgehead atoms. The van der Waals surface area contributed by atoms with E-state index in [9.17, 15) is 8.42 Å². The summed E-state index contributed by atoms with van der Waals surface area (Å²) in [6, 6.07) is 4.60. The molecule has 3 nitrogen and oxygen atoms in total. The highest BCUT2D eigenvalue weighted by molar-refractivity contribution is 7.89. The topological polar surface area (TPSA) is 46.2 Å². The number of aryl methyl sites for hydroxylation is 1. The summed E-state index contributed by atoms with van der Waals surface area (Å²) in [4.78, 5) is 0.618. The van der Waals surface area contributed by atoms with Gasteiger partial charge in [-0.1, -0.05) is 51.2 Å². The average Bonchev–Trinajstić information content (AvgIpc) is 2.61. The Morgan fingerprint density at radius 2 is 1.71 bits per heavy atom. The van der Waals surface area contributed by atoms with Crippen LogP contribution in [0.5, 0.6) is 0 Å². The van der Waals surface area contributed by atoms with Gasteiger partial charge in [-0.25, -0.2) is 13.1 Å². The van der Waals surface area contributed by atoms with Crippen LogP contribution >= 0.6 is 0 Å². The van der Waals surface area contributed by atoms with Crippen molar-refractivity contribution in [2.24, 2.45) is 0 Å². The standard InChI is InChI=1S/C20H29NO2S/c1-2-14-12-16(15-8-4-3-5-9-15)13-18-17-10-6-7-11-19(17)21-24(22,23)20(14)18/h12-13,15,17,19,21H,2-11H2,1H3. The van der Waals surface area contributed by atoms with Gasteiger partial charge >= 0.3 is 0 Å². The molecule has 0 spiro atoms. The molecule has 4 rings (SSSR count). The van der Waals surface area contributed by atoms with E-state index in [2.05, 4.69) is 23.8 Å². The lowest BCUT2D eigenvalue weighted by Gasteiger charge is -2.39. The molecule has 2 atom stereocenters. The summed E-state index contributed by atoms with van der Waals surface area (Å²) in [5.74, 6) is 1.01. The van der Waals surface area contributed by atoms with Crippen LogP contribution in [0.3, 0.4) is 0 Å². The van der Waals surface area contributed by atoms with E-state index in [0.29, 0.717) is 16.7 Å². The van der Waals surface area contributed by atoms with Crippen LogP contribution in [-0.2, 0) is 16.4 Å². The van der Waals surface area contributed by atoms with Crippen LogP contribution in [0.1, 0.15) is 93.2 Å². The van der Waals surface area contributed by atoms with E-state index in [4.69, 9.17) is 0 Å². The third-order valence-electron chi connectivity index (χ3n) is 6.42. The first kappa shape index (κ1) is 16.6. The first-order valence-electron chi connectivity index (χ1n) is 9.79. The normalized spacial score (nSPS) is 29.7. The summed E-state index contributed by atoms with van der Waals surface area (Å²) in [5, 5.41) is 0. The van der Waals surface area contributed by atoms with Gasteiger partial charge in [0.2, 0.25) is 10.0 Å². The lowest BCUT2D eigenvalue weighted by Crippen LogP contribution is -2.46. The second-order valence-electron chi connectivity index (χ2n) is 7.91. The van der Waals surface area contributed by atoms with Crippen molar-refractivity contribution >= 4 is 10.0 Å². The van der Waals surface area contributed by atoms with E-state index in [1.807, 2.05) is 0 Å². The van der Waals surface area contributed by atoms with Gasteiger partial charge in [0.1, 0.15) is 0 Å². The average molecular weight is 348 g/mol. The summed E-state index contributed by atoms with van der Waals surface area (Å²) in [5.41, 5.74) is 3.58. The highest BCUT2D eigenvalue weighted by Gasteiger charge is 2.40. The van der Waals surface area contributed by atoms with Crippen molar-refractivity contribution in [2.45, 2.75) is 93.9 Å². The van der Waals surface area contributed by atoms with Crippen molar-refractivity contribution in [3.8, 4) is 0 Å². The van der Waals surface area contributed by atoms with Crippen LogP contribution in [0, 0.1) is 0 Å². The molecule has 0 amide bonds. The van der Waals surface area contributed by atoms with Crippen molar-refractivity contribution in [2.75, 3.05) is 0 Å². The zero-order valence-corrected chi connectivity index (χ0v) is 15.5. The summed E-state index contributed by atoms with van der Waals surface area (Å²) >= 11 is 0. The molecule has 2 unspecified atom stereocenters. The number of benzene rings is 1. The fourth-order valence-corrected chi connectivity index (χ4v) is 7.05. The molecule has 3 aliphatic rings. The molecule has 1 aromatic rings. The first-order chi connectivity index (χ1) is 11.6. The number of hydrogen-bond donors (Lipinski definition) is 1. The second kappa shape index (κ2) is 6.45. The van der Waals surface area contributed by atoms with Gasteiger partial charge in [-0.15, -0.1) is 0 Å². The number of hydrogen-bond acceptors (Lipinski definition) is 2. The number of fused-ring (bicyclic) bond motifs is 3. The molecule has 2 saturated carbocycles. The van der Waals surface area contributed by atoms with Crippen molar-refractivity contribution in [3.63, 3.8) is 0 Å². The van der Waals surface area contributed by atoms with Crippen LogP contribution in [0.15, 0.2) is 17.0 Å². The first-order valence-corrected chi connectivity index (χ1v) is 11.3. The molecule has 1 aromatic carbocycles. The van der Waals surface area contributed by atoms with Crippen molar-refractivity contribution in [1.29, 1.82) is 0 Å². The van der Waals surface area contributed by atoms with Crippen LogP contribution in [0.25, 0.3) is 0 Å². The van der Waals surface area contributed by atoms with Crippen molar-refractivity contribution < 1.29 is 8.42 Å². The van der Waals surface area contributed by atoms with Crippen LogP contribution in [0.4, 0.5) is 0 Å². The molecule has 24 heavy (non-hydrogen) atoms. The Morgan fingerprint density at radius 3 is 2.46 bits per heavy atom. The highest BCUT2D eigenvalue weighted by atomic mass is 32.2. The zero-order valence-electron chi connectivity index (χ0n) is 14.7. The quantitative estimate of drug-likeness (QED) is 0.849. The molecule has 2 aliphatic carbocycles. The number of rotatable bonds is 2. The van der Waals surface area contributed by atoms with E-state index in [-0.39, 0.29) is 6.04 Å². The minimum atomic E-state index is -3.35. The molecular weight excluding hydrogens is 318 g/mol. The van der Waals surface area contributed by atoms with Crippen LogP contribution in [-0.4, -0.2) is 14.5 Å². The third kappa shape index (κ3) is 2.82. The Labute approximate surface area is 146 Å². The lowest BCUT2D eigenvalue weighted by atomic mass is 9.77. The fraction of sp³-hybridized carbons (Fsp3) is 0.700. The summed E-state index contributed by atoms with van der Waals surface area (Å²) in [7, 11) is -3.35. The van der Waals surface area contributed by atoms with E-state index >= 15 is 0 Å². The van der Waals surface area contributed by atoms with Gasteiger partial charge < -0.3 is 0 Å². The Kier molecular flexibility index (Phi) is 4.46. The molecule has 0 radical (unpaired) electrons. The fourth-order valence-electron chi connectivity index (χ4n) is 5.18. The monoisotopic (exact) mass is 347 g/mol. The van der Waals surface area contributed by atoms with Gasteiger partial charge in [0, 0.05) is 12.0 Å². The van der Waals surface area contributed by atoms with Gasteiger partial charge in [0.05, 0.1) is 4.90 Å². The minimum Gasteiger partial charge on any atom is -0.207 e. The number of nitrogens with one attached hydrogen (secondary N) is 1. The molecule has 1 aliphatic heterocycles. The third-order valence-corrected chi connectivity index (χ3v) is 8.06. The van der Waals surface area contributed by atoms with Gasteiger partial charge in [-0.05, 0) is 54.7 Å². The zero-order chi connectivity index (χ0) is 16.7. The van der Waals surface area contributed by atoms with E-state index < -0.39 is 10.0 Å². The van der Waals surface area contributed by atoms with E-state index in [0.717, 1.165) is 36.8 Å². The van der Waals surface area contributed by atoms with E-state index in [1.54, 1.807) is 0 Å². The minimum absolute atomic E-state index is 0.113. The summed E-state index contributed by atoms with van der Waals surface area (Å²) < 4.78 is 28.8. The predicted octanol–water partition coefficient (Wildman–Crippen LogP) is 4.61. The molecule has 4 heteroatoms. The highest BCUT2D eigenvalue weighted by Crippen LogP contribution is 2.44. The smallest absolute Gasteiger partial charge is 0.207 e. The second-order valence-corrected chi connectivity index (χ2v) is 9.56. The maximum atomic E-state index is 12.9. The van der Waals surface area contributed by atoms with E-state index in [1.165, 1.54) is 44.1 Å². The Hall–Kier alpha value is -0.870. The Morgan fingerprint density at radius 1 is 1.00 bits per heavy atom. The molecule has 132 valence electrons. The maximum absolute atomic E-state index is 12.9. The van der Waals surface area contributed by atoms with Crippen molar-refractivity contribution in [1.82, 2.24) is 4.72 Å². The molecular formula is C20H29NO2S. The van der Waals surface area contributed by atoms with Crippen LogP contribution < -0.4 is 4.72 Å². The van der Waals surface area contributed by atoms with Gasteiger partial charge in [0.25, 0.3) is 0 Å². The maximum Gasteiger partial charge on any atom is 0.241 e. The SMILES string of the molecule is CCc1cc(C2CCCCC2)cc2c1S(=O)(=O)NC1CCCCC21. The molecule has 1 heterocycles. The van der Waals surface area contributed by atoms with Gasteiger partial charge in [-0.3, -0.25) is 0 Å². The molecule has 2 fully saturated rings. The summed E-state index contributed by atoms with van der Waals surface area (Å²) in [6.07, 6.45) is 11.8. The molecule has 1 N–H and O–H groups in total. The molecule has 0 aromatic heterocycles. The van der Waals surface area contributed by atoms with Gasteiger partial charge in [-0.2, -0.15) is 0 Å². The van der Waals surface area contributed by atoms with Gasteiger partial charge in [0.15, 0.2) is 0 Å². The largest absolute Gasteiger partial charge is 0.241 e. The molecule has 0 saturated heterocycles. The Balaban J connectivity index is 1.85. The Bertz CT molecular complexity index is 719.